The number of hydrogen-bond donors (Lipinski definition) is 2. The van der Waals surface area contributed by atoms with Crippen LogP contribution >= 0.6 is 39.3 Å². The van der Waals surface area contributed by atoms with E-state index < -0.39 is 0 Å². The molecule has 2 aromatic carbocycles. The number of nitrogens with zero attached hydrogens (tertiary/aromatic N) is 3. The van der Waals surface area contributed by atoms with Gasteiger partial charge in [-0.15, -0.1) is 10.2 Å². The fourth-order valence-electron chi connectivity index (χ4n) is 3.01. The number of benzene rings is 2. The van der Waals surface area contributed by atoms with Crippen molar-refractivity contribution in [2.45, 2.75) is 31.6 Å². The highest BCUT2D eigenvalue weighted by atomic mass is 79.9. The number of hydrogen-bond acceptors (Lipinski definition) is 6. The van der Waals surface area contributed by atoms with Gasteiger partial charge in [0.25, 0.3) is 5.91 Å². The average Bonchev–Trinajstić information content (AvgIpc) is 3.23. The molecule has 2 N–H and O–H groups in total. The minimum absolute atomic E-state index is 0.151. The van der Waals surface area contributed by atoms with Crippen molar-refractivity contribution in [3.05, 3.63) is 63.3 Å². The van der Waals surface area contributed by atoms with Gasteiger partial charge < -0.3 is 19.9 Å². The van der Waals surface area contributed by atoms with Gasteiger partial charge in [-0.1, -0.05) is 23.4 Å². The summed E-state index contributed by atoms with van der Waals surface area (Å²) >= 11 is 10.7. The summed E-state index contributed by atoms with van der Waals surface area (Å²) < 4.78 is 7.76. The Bertz CT molecular complexity index is 1140. The summed E-state index contributed by atoms with van der Waals surface area (Å²) in [5.74, 6) is 1.03. The van der Waals surface area contributed by atoms with E-state index in [0.717, 1.165) is 4.47 Å². The van der Waals surface area contributed by atoms with E-state index in [2.05, 4.69) is 36.8 Å². The number of nitrogens with one attached hydrogen (secondary N) is 2. The van der Waals surface area contributed by atoms with E-state index in [1.54, 1.807) is 49.6 Å². The molecule has 0 aliphatic carbocycles. The molecule has 0 bridgehead atoms. The maximum atomic E-state index is 12.6. The molecule has 0 saturated carbocycles. The van der Waals surface area contributed by atoms with Gasteiger partial charge >= 0.3 is 0 Å². The lowest BCUT2D eigenvalue weighted by Crippen LogP contribution is -2.28. The molecule has 0 saturated heterocycles. The molecular formula is C22H23BrClN5O3S. The lowest BCUT2D eigenvalue weighted by atomic mass is 10.2. The predicted octanol–water partition coefficient (Wildman–Crippen LogP) is 4.94. The number of rotatable bonds is 9. The normalized spacial score (nSPS) is 11.7. The first kappa shape index (κ1) is 25.1. The molecule has 2 amide bonds. The van der Waals surface area contributed by atoms with Crippen LogP contribution in [0.2, 0.25) is 5.02 Å². The van der Waals surface area contributed by atoms with Crippen molar-refractivity contribution in [1.82, 2.24) is 20.1 Å². The number of thioether (sulfide) groups is 1. The van der Waals surface area contributed by atoms with E-state index in [9.17, 15) is 9.59 Å². The number of halogens is 2. The van der Waals surface area contributed by atoms with Crippen LogP contribution in [0.5, 0.6) is 5.75 Å². The lowest BCUT2D eigenvalue weighted by Gasteiger charge is -2.15. The Labute approximate surface area is 209 Å². The Kier molecular flexibility index (Phi) is 8.76. The van der Waals surface area contributed by atoms with Crippen molar-refractivity contribution in [2.75, 3.05) is 18.2 Å². The first-order valence-electron chi connectivity index (χ1n) is 10.1. The van der Waals surface area contributed by atoms with E-state index in [-0.39, 0.29) is 23.6 Å². The molecule has 1 atom stereocenters. The summed E-state index contributed by atoms with van der Waals surface area (Å²) in [5.41, 5.74) is 1.13. The fourth-order valence-corrected chi connectivity index (χ4v) is 4.25. The summed E-state index contributed by atoms with van der Waals surface area (Å²) in [6.45, 7) is 4.40. The van der Waals surface area contributed by atoms with Gasteiger partial charge in [0, 0.05) is 22.3 Å². The highest BCUT2D eigenvalue weighted by Crippen LogP contribution is 2.26. The van der Waals surface area contributed by atoms with Crippen molar-refractivity contribution in [1.29, 1.82) is 0 Å². The predicted molar refractivity (Wildman–Crippen MR) is 133 cm³/mol. The molecule has 11 heteroatoms. The third-order valence-corrected chi connectivity index (χ3v) is 6.88. The second-order valence-electron chi connectivity index (χ2n) is 6.97. The molecule has 1 heterocycles. The van der Waals surface area contributed by atoms with E-state index >= 15 is 0 Å². The van der Waals surface area contributed by atoms with Crippen LogP contribution in [0.3, 0.4) is 0 Å². The van der Waals surface area contributed by atoms with Gasteiger partial charge in [0.05, 0.1) is 23.9 Å². The molecule has 0 radical (unpaired) electrons. The van der Waals surface area contributed by atoms with Gasteiger partial charge in [-0.2, -0.15) is 0 Å². The number of carbonyl (C=O) groups excluding carboxylic acids is 2. The molecular weight excluding hydrogens is 530 g/mol. The standard InChI is InChI=1S/C22H23BrClN5O3S/c1-4-29-20(13(2)25-21(31)14-5-8-16(32-3)9-6-14)27-28-22(29)33-12-19(30)26-15-7-10-17(23)18(24)11-15/h5-11,13H,4,12H2,1-3H3,(H,25,31)(H,26,30). The van der Waals surface area contributed by atoms with Crippen molar-refractivity contribution in [3.8, 4) is 5.75 Å². The Morgan fingerprint density at radius 1 is 1.21 bits per heavy atom. The monoisotopic (exact) mass is 551 g/mol. The second kappa shape index (κ2) is 11.5. The van der Waals surface area contributed by atoms with E-state index in [0.29, 0.717) is 39.5 Å². The Morgan fingerprint density at radius 2 is 1.94 bits per heavy atom. The summed E-state index contributed by atoms with van der Waals surface area (Å²) in [5, 5.41) is 15.3. The summed E-state index contributed by atoms with van der Waals surface area (Å²) in [6.07, 6.45) is 0. The Balaban J connectivity index is 1.61. The molecule has 8 nitrogen and oxygen atoms in total. The van der Waals surface area contributed by atoms with Gasteiger partial charge in [0.15, 0.2) is 11.0 Å². The van der Waals surface area contributed by atoms with Gasteiger partial charge in [0.1, 0.15) is 5.75 Å². The number of methoxy groups -OCH3 is 1. The Morgan fingerprint density at radius 3 is 2.58 bits per heavy atom. The van der Waals surface area contributed by atoms with Crippen LogP contribution in [0.15, 0.2) is 52.1 Å². The van der Waals surface area contributed by atoms with Gasteiger partial charge in [-0.25, -0.2) is 0 Å². The van der Waals surface area contributed by atoms with E-state index in [1.165, 1.54) is 11.8 Å². The molecule has 0 aliphatic rings. The summed E-state index contributed by atoms with van der Waals surface area (Å²) in [6, 6.07) is 11.7. The maximum Gasteiger partial charge on any atom is 0.251 e. The molecule has 3 rings (SSSR count). The number of carbonyl (C=O) groups is 2. The van der Waals surface area contributed by atoms with Crippen LogP contribution in [0.4, 0.5) is 5.69 Å². The van der Waals surface area contributed by atoms with Gasteiger partial charge in [-0.3, -0.25) is 9.59 Å². The third-order valence-electron chi connectivity index (χ3n) is 4.68. The van der Waals surface area contributed by atoms with Crippen LogP contribution in [0.1, 0.15) is 36.1 Å². The van der Waals surface area contributed by atoms with E-state index in [4.69, 9.17) is 16.3 Å². The Hall–Kier alpha value is -2.56. The molecule has 0 aliphatic heterocycles. The van der Waals surface area contributed by atoms with Crippen molar-refractivity contribution in [3.63, 3.8) is 0 Å². The number of ether oxygens (including phenoxy) is 1. The van der Waals surface area contributed by atoms with Crippen LogP contribution in [-0.4, -0.2) is 39.4 Å². The van der Waals surface area contributed by atoms with Crippen LogP contribution in [0, 0.1) is 0 Å². The quantitative estimate of drug-likeness (QED) is 0.365. The number of amides is 2. The largest absolute Gasteiger partial charge is 0.497 e. The average molecular weight is 553 g/mol. The van der Waals surface area contributed by atoms with Crippen LogP contribution in [0.25, 0.3) is 0 Å². The van der Waals surface area contributed by atoms with Gasteiger partial charge in [0.2, 0.25) is 5.91 Å². The van der Waals surface area contributed by atoms with Crippen molar-refractivity contribution >= 4 is 56.8 Å². The zero-order chi connectivity index (χ0) is 24.0. The first-order valence-corrected chi connectivity index (χ1v) is 12.2. The number of anilines is 1. The summed E-state index contributed by atoms with van der Waals surface area (Å²) in [4.78, 5) is 24.9. The zero-order valence-corrected chi connectivity index (χ0v) is 21.4. The SMILES string of the molecule is CCn1c(SCC(=O)Nc2ccc(Br)c(Cl)c2)nnc1C(C)NC(=O)c1ccc(OC)cc1. The fraction of sp³-hybridized carbons (Fsp3) is 0.273. The highest BCUT2D eigenvalue weighted by molar-refractivity contribution is 9.10. The van der Waals surface area contributed by atoms with E-state index in [1.807, 2.05) is 18.4 Å². The van der Waals surface area contributed by atoms with Crippen LogP contribution < -0.4 is 15.4 Å². The molecule has 0 spiro atoms. The third kappa shape index (κ3) is 6.49. The minimum atomic E-state index is -0.375. The minimum Gasteiger partial charge on any atom is -0.497 e. The smallest absolute Gasteiger partial charge is 0.251 e. The zero-order valence-electron chi connectivity index (χ0n) is 18.3. The molecule has 3 aromatic rings. The topological polar surface area (TPSA) is 98.1 Å². The van der Waals surface area contributed by atoms with Crippen LogP contribution in [-0.2, 0) is 11.3 Å². The lowest BCUT2D eigenvalue weighted by molar-refractivity contribution is -0.113. The molecule has 174 valence electrons. The van der Waals surface area contributed by atoms with Crippen molar-refractivity contribution in [2.24, 2.45) is 0 Å². The molecule has 0 fully saturated rings. The first-order chi connectivity index (χ1) is 15.8. The van der Waals surface area contributed by atoms with Crippen molar-refractivity contribution < 1.29 is 14.3 Å². The second-order valence-corrected chi connectivity index (χ2v) is 9.18. The summed E-state index contributed by atoms with van der Waals surface area (Å²) in [7, 11) is 1.57. The molecule has 1 aromatic heterocycles. The van der Waals surface area contributed by atoms with Gasteiger partial charge in [-0.05, 0) is 72.2 Å². The maximum absolute atomic E-state index is 12.6. The molecule has 1 unspecified atom stereocenters. The number of aromatic nitrogens is 3. The molecule has 33 heavy (non-hydrogen) atoms. The highest BCUT2D eigenvalue weighted by Gasteiger charge is 2.20.